The van der Waals surface area contributed by atoms with Gasteiger partial charge in [-0.25, -0.2) is 18.1 Å². The van der Waals surface area contributed by atoms with E-state index in [0.717, 1.165) is 74.5 Å². The summed E-state index contributed by atoms with van der Waals surface area (Å²) in [6.45, 7) is 9.63. The Morgan fingerprint density at radius 2 is 1.85 bits per heavy atom. The van der Waals surface area contributed by atoms with E-state index >= 15 is 0 Å². The fourth-order valence-corrected chi connectivity index (χ4v) is 9.34. The molecule has 4 heterocycles. The number of hydrogen-bond donors (Lipinski definition) is 3. The van der Waals surface area contributed by atoms with Crippen molar-refractivity contribution < 1.29 is 30.4 Å². The van der Waals surface area contributed by atoms with Crippen LogP contribution < -0.4 is 19.7 Å². The molecular formula is C45H50ClN7O7S. The lowest BCUT2D eigenvalue weighted by molar-refractivity contribution is -0.384. The number of halogens is 1. The van der Waals surface area contributed by atoms with E-state index in [9.17, 15) is 23.3 Å². The molecule has 2 aliphatic heterocycles. The number of piperazine rings is 1. The maximum Gasteiger partial charge on any atom is 0.293 e. The second kappa shape index (κ2) is 17.9. The lowest BCUT2D eigenvalue weighted by atomic mass is 9.72. The molecule has 8 rings (SSSR count). The third kappa shape index (κ3) is 10.0. The zero-order valence-electron chi connectivity index (χ0n) is 36.1. The van der Waals surface area contributed by atoms with Gasteiger partial charge in [-0.15, -0.1) is 0 Å². The molecule has 2 aromatic heterocycles. The molecule has 3 N–H and O–H groups in total. The highest BCUT2D eigenvalue weighted by Crippen LogP contribution is 2.43. The Morgan fingerprint density at radius 3 is 2.61 bits per heavy atom. The van der Waals surface area contributed by atoms with Gasteiger partial charge in [-0.3, -0.25) is 19.8 Å². The standard InChI is InChI=1S/C45H50ClN7O7S/c1-45(2)15-11-33(39(26-45)31-3-5-34(46)6-4-31)29-51-17-19-52(20-18-51)35-7-9-38(42(24-35)60-36-23-32-12-16-47-43(32)49-28-36)44(54)50-61(57,58)37-8-10-40(41(25-37)53(55)56)48-27-30-13-21-59-22-14-30/h3-10,12,16,23-25,28,30,48H,11,13-15,17-22,26-27,29H2,1-2H3,(H,47,49)(H,50,54)/i3D,4D. The predicted octanol–water partition coefficient (Wildman–Crippen LogP) is 8.66. The summed E-state index contributed by atoms with van der Waals surface area (Å²) in [6.07, 6.45) is 7.54. The highest BCUT2D eigenvalue weighted by atomic mass is 35.5. The van der Waals surface area contributed by atoms with Crippen LogP contribution in [0.2, 0.25) is 5.02 Å². The molecule has 3 aliphatic rings. The number of carbonyl (C=O) groups is 1. The summed E-state index contributed by atoms with van der Waals surface area (Å²) in [4.78, 5) is 36.9. The predicted molar refractivity (Wildman–Crippen MR) is 237 cm³/mol. The van der Waals surface area contributed by atoms with Crippen LogP contribution in [0.1, 0.15) is 64.6 Å². The maximum atomic E-state index is 13.9. The van der Waals surface area contributed by atoms with Crippen LogP contribution in [-0.2, 0) is 14.8 Å². The molecule has 2 saturated heterocycles. The van der Waals surface area contributed by atoms with E-state index < -0.39 is 31.4 Å². The van der Waals surface area contributed by atoms with Crippen molar-refractivity contribution in [3.05, 3.63) is 117 Å². The van der Waals surface area contributed by atoms with Crippen LogP contribution in [0.4, 0.5) is 17.1 Å². The fraction of sp³-hybridized carbons (Fsp3) is 0.378. The minimum absolute atomic E-state index is 0.0428. The average Bonchev–Trinajstić information content (AvgIpc) is 3.72. The van der Waals surface area contributed by atoms with Crippen LogP contribution in [0.5, 0.6) is 11.5 Å². The van der Waals surface area contributed by atoms with Crippen LogP contribution in [0.3, 0.4) is 0 Å². The first kappa shape index (κ1) is 39.6. The van der Waals surface area contributed by atoms with Gasteiger partial charge in [-0.05, 0) is 103 Å². The monoisotopic (exact) mass is 869 g/mol. The fourth-order valence-electron chi connectivity index (χ4n) is 8.25. The van der Waals surface area contributed by atoms with Gasteiger partial charge < -0.3 is 24.7 Å². The van der Waals surface area contributed by atoms with Crippen molar-refractivity contribution in [3.63, 3.8) is 0 Å². The Labute approximate surface area is 363 Å². The Bertz CT molecular complexity index is 2670. The average molecular weight is 870 g/mol. The van der Waals surface area contributed by atoms with Gasteiger partial charge in [0.05, 0.1) is 24.3 Å². The molecule has 0 bridgehead atoms. The number of sulfonamides is 1. The number of amides is 1. The number of aromatic nitrogens is 2. The van der Waals surface area contributed by atoms with Gasteiger partial charge in [-0.1, -0.05) is 43.1 Å². The molecule has 16 heteroatoms. The lowest BCUT2D eigenvalue weighted by Crippen LogP contribution is -2.47. The van der Waals surface area contributed by atoms with Crippen molar-refractivity contribution in [3.8, 4) is 11.5 Å². The van der Waals surface area contributed by atoms with Gasteiger partial charge in [0.2, 0.25) is 0 Å². The Kier molecular flexibility index (Phi) is 11.6. The van der Waals surface area contributed by atoms with Gasteiger partial charge in [0, 0.05) is 86.9 Å². The summed E-state index contributed by atoms with van der Waals surface area (Å²) in [5.74, 6) is -0.294. The number of rotatable bonds is 13. The molecule has 0 radical (unpaired) electrons. The highest BCUT2D eigenvalue weighted by molar-refractivity contribution is 7.90. The number of fused-ring (bicyclic) bond motifs is 1. The molecule has 5 aromatic rings. The van der Waals surface area contributed by atoms with E-state index in [1.54, 1.807) is 36.5 Å². The molecule has 0 unspecified atom stereocenters. The second-order valence-corrected chi connectivity index (χ2v) is 18.8. The summed E-state index contributed by atoms with van der Waals surface area (Å²) in [5.41, 5.74) is 4.11. The maximum absolute atomic E-state index is 13.9. The van der Waals surface area contributed by atoms with Crippen LogP contribution >= 0.6 is 11.6 Å². The first-order valence-electron chi connectivity index (χ1n) is 21.5. The topological polar surface area (TPSA) is 172 Å². The van der Waals surface area contributed by atoms with E-state index in [2.05, 4.69) is 43.7 Å². The summed E-state index contributed by atoms with van der Waals surface area (Å²) in [7, 11) is -4.58. The number of nitro benzene ring substituents is 1. The molecule has 14 nitrogen and oxygen atoms in total. The van der Waals surface area contributed by atoms with E-state index in [-0.39, 0.29) is 40.4 Å². The van der Waals surface area contributed by atoms with Gasteiger partial charge in [0.25, 0.3) is 21.6 Å². The number of nitrogens with one attached hydrogen (secondary N) is 3. The van der Waals surface area contributed by atoms with Gasteiger partial charge in [0.1, 0.15) is 22.8 Å². The van der Waals surface area contributed by atoms with Crippen molar-refractivity contribution in [2.24, 2.45) is 11.3 Å². The van der Waals surface area contributed by atoms with E-state index in [1.807, 2.05) is 6.07 Å². The van der Waals surface area contributed by atoms with Gasteiger partial charge in [-0.2, -0.15) is 0 Å². The van der Waals surface area contributed by atoms with Gasteiger partial charge >= 0.3 is 0 Å². The molecule has 1 aliphatic carbocycles. The quantitative estimate of drug-likeness (QED) is 0.0764. The number of hydrogen-bond acceptors (Lipinski definition) is 11. The normalized spacial score (nSPS) is 18.1. The summed E-state index contributed by atoms with van der Waals surface area (Å²) >= 11 is 6.21. The van der Waals surface area contributed by atoms with Crippen molar-refractivity contribution in [1.82, 2.24) is 19.6 Å². The van der Waals surface area contributed by atoms with Crippen molar-refractivity contribution in [2.45, 2.75) is 50.8 Å². The zero-order valence-corrected chi connectivity index (χ0v) is 35.7. The van der Waals surface area contributed by atoms with E-state index in [1.165, 1.54) is 30.0 Å². The zero-order chi connectivity index (χ0) is 44.5. The van der Waals surface area contributed by atoms with Crippen LogP contribution in [0, 0.1) is 21.4 Å². The number of anilines is 2. The molecule has 0 spiro atoms. The molecule has 3 aromatic carbocycles. The number of carbonyl (C=O) groups excluding carboxylic acids is 1. The van der Waals surface area contributed by atoms with Crippen molar-refractivity contribution in [1.29, 1.82) is 0 Å². The number of benzene rings is 3. The van der Waals surface area contributed by atoms with Crippen molar-refractivity contribution in [2.75, 3.05) is 62.7 Å². The van der Waals surface area contributed by atoms with E-state index in [0.29, 0.717) is 54.8 Å². The number of ether oxygens (including phenoxy) is 2. The summed E-state index contributed by atoms with van der Waals surface area (Å²) in [6, 6.07) is 15.8. The largest absolute Gasteiger partial charge is 0.455 e. The molecule has 61 heavy (non-hydrogen) atoms. The number of aromatic amines is 1. The third-order valence-corrected chi connectivity index (χ3v) is 13.3. The number of nitrogens with zero attached hydrogens (tertiary/aromatic N) is 4. The molecule has 320 valence electrons. The number of H-pyrrole nitrogens is 1. The summed E-state index contributed by atoms with van der Waals surface area (Å²) in [5, 5.41) is 16.3. The minimum atomic E-state index is -4.58. The first-order valence-corrected chi connectivity index (χ1v) is 22.4. The second-order valence-electron chi connectivity index (χ2n) is 16.7. The minimum Gasteiger partial charge on any atom is -0.455 e. The molecule has 1 amide bonds. The molecule has 0 atom stereocenters. The number of pyridine rings is 1. The molecule has 2 fully saturated rings. The Hall–Kier alpha value is -5.48. The van der Waals surface area contributed by atoms with Crippen molar-refractivity contribution >= 4 is 61.2 Å². The molecular weight excluding hydrogens is 818 g/mol. The Balaban J connectivity index is 1.01. The van der Waals surface area contributed by atoms with Crippen LogP contribution in [0.15, 0.2) is 95.6 Å². The third-order valence-electron chi connectivity index (χ3n) is 11.8. The smallest absolute Gasteiger partial charge is 0.293 e. The summed E-state index contributed by atoms with van der Waals surface area (Å²) < 4.78 is 58.6. The van der Waals surface area contributed by atoms with Gasteiger partial charge in [0.15, 0.2) is 0 Å². The SMILES string of the molecule is [2H]c1cc(Cl)cc([2H])c1C1=C(CN2CCN(c3ccc(C(=O)NS(=O)(=O)c4ccc(NCC5CCOCC5)c([N+](=O)[O-])c4)c(Oc4cnc5[nH]ccc5c4)c3)CC2)CCC(C)(C)C1. The number of nitro groups is 1. The molecule has 0 saturated carbocycles. The highest BCUT2D eigenvalue weighted by Gasteiger charge is 2.31. The number of allylic oxidation sites excluding steroid dienone is 1. The van der Waals surface area contributed by atoms with Crippen LogP contribution in [0.25, 0.3) is 16.6 Å². The lowest BCUT2D eigenvalue weighted by Gasteiger charge is -2.39. The van der Waals surface area contributed by atoms with E-state index in [4.69, 9.17) is 23.8 Å². The first-order chi connectivity index (χ1) is 30.1. The van der Waals surface area contributed by atoms with Crippen LogP contribution in [-0.4, -0.2) is 86.6 Å². The Morgan fingerprint density at radius 1 is 1.08 bits per heavy atom.